The summed E-state index contributed by atoms with van der Waals surface area (Å²) in [6, 6.07) is 16.0. The van der Waals surface area contributed by atoms with E-state index in [0.717, 1.165) is 18.4 Å². The normalized spacial score (nSPS) is 24.8. The number of rotatable bonds is 4. The highest BCUT2D eigenvalue weighted by Gasteiger charge is 2.46. The number of fused-ring (bicyclic) bond motifs is 2. The van der Waals surface area contributed by atoms with Gasteiger partial charge in [-0.1, -0.05) is 48.0 Å². The standard InChI is InChI=1S/C21H22ClNO3S/c22-20-9-5-4-6-15(20)12-21(24)23-16-10-11-17(23)14-19(13-16)27(25,26)18-7-2-1-3-8-18/h1-9,16-17,19H,10-14H2/t16-,17-/m0/s1. The first kappa shape index (κ1) is 18.5. The molecule has 2 fully saturated rings. The highest BCUT2D eigenvalue weighted by molar-refractivity contribution is 7.92. The molecule has 0 spiro atoms. The van der Waals surface area contributed by atoms with Crippen LogP contribution in [0.25, 0.3) is 0 Å². The maximum atomic E-state index is 13.0. The van der Waals surface area contributed by atoms with E-state index in [1.807, 2.05) is 29.2 Å². The zero-order valence-electron chi connectivity index (χ0n) is 14.9. The van der Waals surface area contributed by atoms with Gasteiger partial charge in [0, 0.05) is 17.1 Å². The molecule has 2 heterocycles. The lowest BCUT2D eigenvalue weighted by Gasteiger charge is -2.38. The van der Waals surface area contributed by atoms with Crippen molar-refractivity contribution < 1.29 is 13.2 Å². The SMILES string of the molecule is O=C(Cc1ccccc1Cl)N1[C@H]2CC[C@H]1CC(S(=O)(=O)c1ccccc1)C2. The minimum absolute atomic E-state index is 0.00206. The number of hydrogen-bond acceptors (Lipinski definition) is 3. The number of piperidine rings is 1. The number of nitrogens with zero attached hydrogens (tertiary/aromatic N) is 1. The van der Waals surface area contributed by atoms with E-state index >= 15 is 0 Å². The Hall–Kier alpha value is -1.85. The second kappa shape index (κ2) is 7.28. The molecule has 27 heavy (non-hydrogen) atoms. The van der Waals surface area contributed by atoms with E-state index in [0.29, 0.717) is 22.8 Å². The van der Waals surface area contributed by atoms with E-state index in [4.69, 9.17) is 11.6 Å². The van der Waals surface area contributed by atoms with Gasteiger partial charge in [-0.2, -0.15) is 0 Å². The van der Waals surface area contributed by atoms with Crippen molar-refractivity contribution in [2.24, 2.45) is 0 Å². The lowest BCUT2D eigenvalue weighted by molar-refractivity contribution is -0.134. The molecule has 0 radical (unpaired) electrons. The molecular weight excluding hydrogens is 382 g/mol. The van der Waals surface area contributed by atoms with Crippen molar-refractivity contribution in [3.05, 3.63) is 65.2 Å². The van der Waals surface area contributed by atoms with Crippen LogP contribution in [0.1, 0.15) is 31.2 Å². The topological polar surface area (TPSA) is 54.5 Å². The Balaban J connectivity index is 1.51. The van der Waals surface area contributed by atoms with Crippen molar-refractivity contribution in [2.75, 3.05) is 0 Å². The third kappa shape index (κ3) is 3.50. The molecule has 0 aromatic heterocycles. The zero-order chi connectivity index (χ0) is 19.0. The van der Waals surface area contributed by atoms with E-state index in [1.54, 1.807) is 30.3 Å². The van der Waals surface area contributed by atoms with Crippen molar-refractivity contribution in [3.63, 3.8) is 0 Å². The lowest BCUT2D eigenvalue weighted by Crippen LogP contribution is -2.50. The number of hydrogen-bond donors (Lipinski definition) is 0. The summed E-state index contributed by atoms with van der Waals surface area (Å²) in [5.41, 5.74) is 0.822. The van der Waals surface area contributed by atoms with Crippen LogP contribution in [0.2, 0.25) is 5.02 Å². The Morgan fingerprint density at radius 1 is 0.963 bits per heavy atom. The summed E-state index contributed by atoms with van der Waals surface area (Å²) in [7, 11) is -3.36. The second-order valence-corrected chi connectivity index (χ2v) is 10.0. The van der Waals surface area contributed by atoms with Gasteiger partial charge in [0.1, 0.15) is 0 Å². The van der Waals surface area contributed by atoms with Crippen LogP contribution < -0.4 is 0 Å². The predicted molar refractivity (Wildman–Crippen MR) is 105 cm³/mol. The molecule has 4 rings (SSSR count). The Labute approximate surface area is 165 Å². The highest BCUT2D eigenvalue weighted by atomic mass is 35.5. The summed E-state index contributed by atoms with van der Waals surface area (Å²) in [5, 5.41) is 0.182. The minimum Gasteiger partial charge on any atom is -0.336 e. The van der Waals surface area contributed by atoms with Gasteiger partial charge in [0.05, 0.1) is 16.6 Å². The number of carbonyl (C=O) groups is 1. The average Bonchev–Trinajstić information content (AvgIpc) is 2.94. The van der Waals surface area contributed by atoms with E-state index in [-0.39, 0.29) is 24.4 Å². The minimum atomic E-state index is -3.36. The molecule has 2 saturated heterocycles. The summed E-state index contributed by atoms with van der Waals surface area (Å²) < 4.78 is 26.0. The van der Waals surface area contributed by atoms with Gasteiger partial charge in [0.25, 0.3) is 0 Å². The van der Waals surface area contributed by atoms with Gasteiger partial charge in [-0.25, -0.2) is 8.42 Å². The molecule has 0 unspecified atom stereocenters. The summed E-state index contributed by atoms with van der Waals surface area (Å²) in [6.45, 7) is 0. The lowest BCUT2D eigenvalue weighted by atomic mass is 10.0. The fraction of sp³-hybridized carbons (Fsp3) is 0.381. The van der Waals surface area contributed by atoms with Gasteiger partial charge in [-0.05, 0) is 49.4 Å². The fourth-order valence-corrected chi connectivity index (χ4v) is 6.56. The van der Waals surface area contributed by atoms with Crippen LogP contribution in [0.4, 0.5) is 0 Å². The molecular formula is C21H22ClNO3S. The molecule has 0 aliphatic carbocycles. The third-order valence-electron chi connectivity index (χ3n) is 5.79. The molecule has 2 aliphatic rings. The Morgan fingerprint density at radius 2 is 1.56 bits per heavy atom. The predicted octanol–water partition coefficient (Wildman–Crippen LogP) is 3.88. The molecule has 2 aromatic carbocycles. The van der Waals surface area contributed by atoms with Crippen LogP contribution in [0.15, 0.2) is 59.5 Å². The molecule has 6 heteroatoms. The average molecular weight is 404 g/mol. The van der Waals surface area contributed by atoms with Crippen molar-refractivity contribution in [1.29, 1.82) is 0 Å². The summed E-state index contributed by atoms with van der Waals surface area (Å²) in [5.74, 6) is 0.0474. The van der Waals surface area contributed by atoms with Crippen LogP contribution in [0, 0.1) is 0 Å². The van der Waals surface area contributed by atoms with Crippen molar-refractivity contribution in [1.82, 2.24) is 4.90 Å². The van der Waals surface area contributed by atoms with Crippen LogP contribution in [-0.2, 0) is 21.1 Å². The van der Waals surface area contributed by atoms with Gasteiger partial charge in [-0.15, -0.1) is 0 Å². The van der Waals surface area contributed by atoms with Crippen LogP contribution >= 0.6 is 11.6 Å². The number of carbonyl (C=O) groups excluding carboxylic acids is 1. The molecule has 2 aliphatic heterocycles. The number of amides is 1. The number of benzene rings is 2. The molecule has 0 N–H and O–H groups in total. The maximum absolute atomic E-state index is 13.0. The Morgan fingerprint density at radius 3 is 2.19 bits per heavy atom. The van der Waals surface area contributed by atoms with Gasteiger partial charge in [0.2, 0.25) is 5.91 Å². The molecule has 1 amide bonds. The number of halogens is 1. The van der Waals surface area contributed by atoms with Gasteiger partial charge in [-0.3, -0.25) is 4.79 Å². The van der Waals surface area contributed by atoms with E-state index in [9.17, 15) is 13.2 Å². The van der Waals surface area contributed by atoms with Gasteiger partial charge >= 0.3 is 0 Å². The van der Waals surface area contributed by atoms with Crippen molar-refractivity contribution in [2.45, 2.75) is 54.3 Å². The number of sulfone groups is 1. The van der Waals surface area contributed by atoms with Crippen molar-refractivity contribution >= 4 is 27.3 Å². The van der Waals surface area contributed by atoms with Gasteiger partial charge in [0.15, 0.2) is 9.84 Å². The second-order valence-electron chi connectivity index (χ2n) is 7.41. The Kier molecular flexibility index (Phi) is 4.99. The zero-order valence-corrected chi connectivity index (χ0v) is 16.5. The molecule has 4 nitrogen and oxygen atoms in total. The molecule has 142 valence electrons. The van der Waals surface area contributed by atoms with Gasteiger partial charge < -0.3 is 4.90 Å². The van der Waals surface area contributed by atoms with E-state index in [2.05, 4.69) is 0 Å². The molecule has 2 bridgehead atoms. The fourth-order valence-electron chi connectivity index (χ4n) is 4.49. The van der Waals surface area contributed by atoms with Crippen LogP contribution in [0.3, 0.4) is 0 Å². The molecule has 2 aromatic rings. The molecule has 2 atom stereocenters. The first-order chi connectivity index (χ1) is 13.0. The Bertz CT molecular complexity index is 931. The van der Waals surface area contributed by atoms with Crippen molar-refractivity contribution in [3.8, 4) is 0 Å². The van der Waals surface area contributed by atoms with Crippen LogP contribution in [0.5, 0.6) is 0 Å². The first-order valence-electron chi connectivity index (χ1n) is 9.30. The summed E-state index contributed by atoms with van der Waals surface area (Å²) >= 11 is 6.20. The quantitative estimate of drug-likeness (QED) is 0.778. The maximum Gasteiger partial charge on any atom is 0.227 e. The van der Waals surface area contributed by atoms with Crippen LogP contribution in [-0.4, -0.2) is 36.6 Å². The smallest absolute Gasteiger partial charge is 0.227 e. The third-order valence-corrected chi connectivity index (χ3v) is 8.35. The molecule has 0 saturated carbocycles. The van der Waals surface area contributed by atoms with E-state index in [1.165, 1.54) is 0 Å². The largest absolute Gasteiger partial charge is 0.336 e. The first-order valence-corrected chi connectivity index (χ1v) is 11.2. The summed E-state index contributed by atoms with van der Waals surface area (Å²) in [4.78, 5) is 15.2. The van der Waals surface area contributed by atoms with E-state index < -0.39 is 15.1 Å². The highest BCUT2D eigenvalue weighted by Crippen LogP contribution is 2.40. The summed E-state index contributed by atoms with van der Waals surface area (Å²) in [6.07, 6.45) is 3.05. The monoisotopic (exact) mass is 403 g/mol.